The van der Waals surface area contributed by atoms with Crippen molar-refractivity contribution in [1.82, 2.24) is 0 Å². The summed E-state index contributed by atoms with van der Waals surface area (Å²) in [6.45, 7) is -0.0224. The zero-order chi connectivity index (χ0) is 8.39. The number of thiophene rings is 1. The Morgan fingerprint density at radius 2 is 2.50 bits per heavy atom. The van der Waals surface area contributed by atoms with Gasteiger partial charge in [-0.3, -0.25) is 0 Å². The summed E-state index contributed by atoms with van der Waals surface area (Å²) in [5.41, 5.74) is 0.661. The molecule has 0 aliphatic carbocycles. The van der Waals surface area contributed by atoms with E-state index >= 15 is 0 Å². The number of azo groups is 1. The largest absolute Gasteiger partial charge is 0.390 e. The third-order valence-corrected chi connectivity index (χ3v) is 2.60. The summed E-state index contributed by atoms with van der Waals surface area (Å²) in [6.07, 6.45) is 1.88. The second-order valence-electron chi connectivity index (χ2n) is 2.49. The third kappa shape index (κ3) is 1.31. The van der Waals surface area contributed by atoms with Crippen LogP contribution in [0.25, 0.3) is 0 Å². The fourth-order valence-corrected chi connectivity index (χ4v) is 1.79. The Bertz CT molecular complexity index is 316. The number of hydrogen-bond acceptors (Lipinski definition) is 4. The smallest absolute Gasteiger partial charge is 0.126 e. The number of aliphatic hydroxyl groups is 1. The van der Waals surface area contributed by atoms with E-state index in [0.29, 0.717) is 5.70 Å². The minimum atomic E-state index is -0.0224. The average molecular weight is 180 g/mol. The molecule has 0 fully saturated rings. The van der Waals surface area contributed by atoms with Crippen molar-refractivity contribution in [3.63, 3.8) is 0 Å². The van der Waals surface area contributed by atoms with Crippen LogP contribution in [0.5, 0.6) is 0 Å². The van der Waals surface area contributed by atoms with E-state index in [-0.39, 0.29) is 12.6 Å². The minimum Gasteiger partial charge on any atom is -0.390 e. The van der Waals surface area contributed by atoms with E-state index in [4.69, 9.17) is 5.11 Å². The Morgan fingerprint density at radius 3 is 3.08 bits per heavy atom. The highest BCUT2D eigenvalue weighted by molar-refractivity contribution is 7.10. The van der Waals surface area contributed by atoms with Crippen molar-refractivity contribution in [2.75, 3.05) is 6.61 Å². The zero-order valence-electron chi connectivity index (χ0n) is 6.34. The second-order valence-corrected chi connectivity index (χ2v) is 3.47. The van der Waals surface area contributed by atoms with Gasteiger partial charge in [0.1, 0.15) is 6.04 Å². The molecule has 0 amide bonds. The quantitative estimate of drug-likeness (QED) is 0.744. The van der Waals surface area contributed by atoms with Gasteiger partial charge in [0.05, 0.1) is 12.3 Å². The Kier molecular flexibility index (Phi) is 2.01. The molecule has 0 radical (unpaired) electrons. The molecule has 0 aromatic carbocycles. The van der Waals surface area contributed by atoms with Gasteiger partial charge in [-0.25, -0.2) is 0 Å². The van der Waals surface area contributed by atoms with E-state index in [1.807, 2.05) is 23.6 Å². The van der Waals surface area contributed by atoms with Crippen LogP contribution in [0.1, 0.15) is 10.9 Å². The van der Waals surface area contributed by atoms with Gasteiger partial charge in [-0.05, 0) is 17.5 Å². The molecule has 1 N–H and O–H groups in total. The SMILES string of the molecule is OCC1=C[C@H](c2cccs2)N=N1. The lowest BCUT2D eigenvalue weighted by Gasteiger charge is -1.95. The summed E-state index contributed by atoms with van der Waals surface area (Å²) < 4.78 is 0. The van der Waals surface area contributed by atoms with Crippen molar-refractivity contribution < 1.29 is 5.11 Å². The second kappa shape index (κ2) is 3.16. The first kappa shape index (κ1) is 7.64. The molecule has 4 heteroatoms. The number of rotatable bonds is 2. The van der Waals surface area contributed by atoms with E-state index in [2.05, 4.69) is 10.2 Å². The molecule has 0 bridgehead atoms. The highest BCUT2D eigenvalue weighted by Gasteiger charge is 2.14. The van der Waals surface area contributed by atoms with Gasteiger partial charge in [0.15, 0.2) is 0 Å². The Labute approximate surface area is 74.1 Å². The van der Waals surface area contributed by atoms with Gasteiger partial charge < -0.3 is 5.11 Å². The fraction of sp³-hybridized carbons (Fsp3) is 0.250. The van der Waals surface area contributed by atoms with Crippen LogP contribution < -0.4 is 0 Å². The lowest BCUT2D eigenvalue weighted by molar-refractivity contribution is 0.329. The molecule has 1 aliphatic rings. The van der Waals surface area contributed by atoms with Crippen LogP contribution in [0.2, 0.25) is 0 Å². The summed E-state index contributed by atoms with van der Waals surface area (Å²) >= 11 is 1.65. The van der Waals surface area contributed by atoms with Gasteiger partial charge in [-0.1, -0.05) is 6.07 Å². The monoisotopic (exact) mass is 180 g/mol. The molecule has 62 valence electrons. The maximum Gasteiger partial charge on any atom is 0.126 e. The van der Waals surface area contributed by atoms with Crippen LogP contribution in [0.4, 0.5) is 0 Å². The van der Waals surface area contributed by atoms with Gasteiger partial charge >= 0.3 is 0 Å². The summed E-state index contributed by atoms with van der Waals surface area (Å²) in [5.74, 6) is 0. The third-order valence-electron chi connectivity index (χ3n) is 1.66. The maximum absolute atomic E-state index is 8.76. The van der Waals surface area contributed by atoms with Crippen molar-refractivity contribution in [3.8, 4) is 0 Å². The zero-order valence-corrected chi connectivity index (χ0v) is 7.16. The highest BCUT2D eigenvalue weighted by atomic mass is 32.1. The summed E-state index contributed by atoms with van der Waals surface area (Å²) in [7, 11) is 0. The van der Waals surface area contributed by atoms with Crippen molar-refractivity contribution >= 4 is 11.3 Å². The van der Waals surface area contributed by atoms with Gasteiger partial charge in [-0.15, -0.1) is 11.3 Å². The molecular weight excluding hydrogens is 172 g/mol. The lowest BCUT2D eigenvalue weighted by atomic mass is 10.2. The predicted molar refractivity (Wildman–Crippen MR) is 47.1 cm³/mol. The number of hydrogen-bond donors (Lipinski definition) is 1. The Balaban J connectivity index is 2.20. The average Bonchev–Trinajstić information content (AvgIpc) is 2.75. The Morgan fingerprint density at radius 1 is 1.58 bits per heavy atom. The van der Waals surface area contributed by atoms with Crippen LogP contribution in [0.3, 0.4) is 0 Å². The fourth-order valence-electron chi connectivity index (χ4n) is 1.07. The summed E-state index contributed by atoms with van der Waals surface area (Å²) in [5, 5.41) is 18.6. The lowest BCUT2D eigenvalue weighted by Crippen LogP contribution is -1.84. The first-order chi connectivity index (χ1) is 5.90. The topological polar surface area (TPSA) is 45.0 Å². The predicted octanol–water partition coefficient (Wildman–Crippen LogP) is 2.13. The van der Waals surface area contributed by atoms with Gasteiger partial charge in [0.2, 0.25) is 0 Å². The van der Waals surface area contributed by atoms with Crippen LogP contribution in [-0.4, -0.2) is 11.7 Å². The normalized spacial score (nSPS) is 21.4. The highest BCUT2D eigenvalue weighted by Crippen LogP contribution is 2.29. The first-order valence-corrected chi connectivity index (χ1v) is 4.54. The molecule has 0 spiro atoms. The van der Waals surface area contributed by atoms with Gasteiger partial charge in [-0.2, -0.15) is 10.2 Å². The molecule has 0 saturated heterocycles. The molecule has 1 aromatic heterocycles. The van der Waals surface area contributed by atoms with Crippen molar-refractivity contribution in [2.24, 2.45) is 10.2 Å². The molecule has 0 unspecified atom stereocenters. The van der Waals surface area contributed by atoms with Crippen LogP contribution in [0, 0.1) is 0 Å². The van der Waals surface area contributed by atoms with Crippen molar-refractivity contribution in [1.29, 1.82) is 0 Å². The first-order valence-electron chi connectivity index (χ1n) is 3.66. The summed E-state index contributed by atoms with van der Waals surface area (Å²) in [6, 6.07) is 4.04. The van der Waals surface area contributed by atoms with E-state index in [1.165, 1.54) is 4.88 Å². The van der Waals surface area contributed by atoms with Crippen LogP contribution >= 0.6 is 11.3 Å². The molecular formula is C8H8N2OS. The van der Waals surface area contributed by atoms with E-state index in [9.17, 15) is 0 Å². The molecule has 3 nitrogen and oxygen atoms in total. The minimum absolute atomic E-state index is 0.0224. The molecule has 2 rings (SSSR count). The molecule has 2 heterocycles. The standard InChI is InChI=1S/C8H8N2OS/c11-5-6-4-7(10-9-6)8-2-1-3-12-8/h1-4,7,11H,5H2/t7-/m1/s1. The van der Waals surface area contributed by atoms with Crippen LogP contribution in [0.15, 0.2) is 39.5 Å². The molecule has 1 aromatic rings. The van der Waals surface area contributed by atoms with Gasteiger partial charge in [0, 0.05) is 4.88 Å². The Hall–Kier alpha value is -1.00. The molecule has 1 aliphatic heterocycles. The number of aliphatic hydroxyl groups excluding tert-OH is 1. The molecule has 1 atom stereocenters. The van der Waals surface area contributed by atoms with Crippen molar-refractivity contribution in [3.05, 3.63) is 34.2 Å². The van der Waals surface area contributed by atoms with E-state index < -0.39 is 0 Å². The van der Waals surface area contributed by atoms with E-state index in [1.54, 1.807) is 11.3 Å². The van der Waals surface area contributed by atoms with Crippen molar-refractivity contribution in [2.45, 2.75) is 6.04 Å². The molecule has 12 heavy (non-hydrogen) atoms. The van der Waals surface area contributed by atoms with E-state index in [0.717, 1.165) is 0 Å². The number of nitrogens with zero attached hydrogens (tertiary/aromatic N) is 2. The summed E-state index contributed by atoms with van der Waals surface area (Å²) in [4.78, 5) is 1.17. The maximum atomic E-state index is 8.76. The molecule has 0 saturated carbocycles. The van der Waals surface area contributed by atoms with Gasteiger partial charge in [0.25, 0.3) is 0 Å². The van der Waals surface area contributed by atoms with Crippen LogP contribution in [-0.2, 0) is 0 Å².